The summed E-state index contributed by atoms with van der Waals surface area (Å²) in [6.45, 7) is 5.64. The number of carbonyl (C=O) groups excluding carboxylic acids is 2. The maximum atomic E-state index is 11.5. The van der Waals surface area contributed by atoms with E-state index in [-0.39, 0.29) is 25.3 Å². The van der Waals surface area contributed by atoms with E-state index >= 15 is 0 Å². The number of hydrogen-bond acceptors (Lipinski definition) is 5. The Morgan fingerprint density at radius 3 is 2.24 bits per heavy atom. The SMILES string of the molecule is C.CN1CCC(=O)NC(Cc2ccc(Cl)cc2)C1.COC(=O)CCN(C)CC(C)Cc1ccc(Cl)cc1. The number of rotatable bonds is 9. The number of hydrogen-bond donors (Lipinski definition) is 1. The number of carbonyl (C=O) groups is 2. The summed E-state index contributed by atoms with van der Waals surface area (Å²) in [6.07, 6.45) is 2.90. The lowest BCUT2D eigenvalue weighted by atomic mass is 10.0. The molecular weight excluding hydrogens is 509 g/mol. The third-order valence-corrected chi connectivity index (χ3v) is 6.56. The molecule has 2 atom stereocenters. The predicted molar refractivity (Wildman–Crippen MR) is 154 cm³/mol. The van der Waals surface area contributed by atoms with Crippen LogP contribution in [0.1, 0.15) is 38.3 Å². The van der Waals surface area contributed by atoms with Crippen molar-refractivity contribution in [1.29, 1.82) is 0 Å². The van der Waals surface area contributed by atoms with Crippen LogP contribution in [0.25, 0.3) is 0 Å². The molecule has 1 aliphatic rings. The number of halogens is 2. The number of nitrogens with one attached hydrogen (secondary N) is 1. The van der Waals surface area contributed by atoms with Crippen molar-refractivity contribution < 1.29 is 14.3 Å². The summed E-state index contributed by atoms with van der Waals surface area (Å²) >= 11 is 11.7. The number of likely N-dealkylation sites (N-methyl/N-ethyl adjacent to an activating group) is 1. The second-order valence-corrected chi connectivity index (χ2v) is 10.5. The van der Waals surface area contributed by atoms with Crippen LogP contribution in [0.15, 0.2) is 48.5 Å². The van der Waals surface area contributed by atoms with Gasteiger partial charge in [-0.3, -0.25) is 9.59 Å². The first-order valence-electron chi connectivity index (χ1n) is 12.4. The lowest BCUT2D eigenvalue weighted by Crippen LogP contribution is -2.39. The van der Waals surface area contributed by atoms with Crippen molar-refractivity contribution in [3.8, 4) is 0 Å². The zero-order valence-electron chi connectivity index (χ0n) is 21.8. The third kappa shape index (κ3) is 13.8. The topological polar surface area (TPSA) is 61.9 Å². The molecule has 3 rings (SSSR count). The van der Waals surface area contributed by atoms with Crippen molar-refractivity contribution in [3.05, 3.63) is 69.7 Å². The Bertz CT molecular complexity index is 938. The number of nitrogens with zero attached hydrogens (tertiary/aromatic N) is 2. The van der Waals surface area contributed by atoms with Gasteiger partial charge in [0.15, 0.2) is 0 Å². The Kier molecular flexibility index (Phi) is 15.5. The lowest BCUT2D eigenvalue weighted by Gasteiger charge is -2.20. The van der Waals surface area contributed by atoms with E-state index in [1.54, 1.807) is 0 Å². The molecule has 2 unspecified atom stereocenters. The van der Waals surface area contributed by atoms with Crippen molar-refractivity contribution in [2.45, 2.75) is 46.1 Å². The Balaban J connectivity index is 0.000000362. The van der Waals surface area contributed by atoms with E-state index in [1.165, 1.54) is 18.2 Å². The van der Waals surface area contributed by atoms with Gasteiger partial charge >= 0.3 is 5.97 Å². The van der Waals surface area contributed by atoms with E-state index in [2.05, 4.69) is 46.0 Å². The summed E-state index contributed by atoms with van der Waals surface area (Å²) in [5.41, 5.74) is 2.49. The van der Waals surface area contributed by atoms with Crippen LogP contribution in [0.2, 0.25) is 10.0 Å². The molecule has 1 fully saturated rings. The van der Waals surface area contributed by atoms with Gasteiger partial charge in [-0.1, -0.05) is 61.8 Å². The average molecular weight is 553 g/mol. The van der Waals surface area contributed by atoms with Crippen LogP contribution in [-0.4, -0.2) is 75.1 Å². The summed E-state index contributed by atoms with van der Waals surface area (Å²) < 4.78 is 4.63. The van der Waals surface area contributed by atoms with Crippen LogP contribution in [0.4, 0.5) is 0 Å². The summed E-state index contributed by atoms with van der Waals surface area (Å²) in [5.74, 6) is 0.523. The molecule has 0 aromatic heterocycles. The summed E-state index contributed by atoms with van der Waals surface area (Å²) in [4.78, 5) is 26.9. The standard InChI is InChI=1S/C15H22ClNO2.C13H17ClN2O.CH4/c1-12(10-13-4-6-14(16)7-5-13)11-17(2)9-8-15(18)19-3;1-16-7-6-13(17)15-12(9-16)8-10-2-4-11(14)5-3-10;/h4-7,12H,8-11H2,1-3H3;2-5,12H,6-9H2,1H3,(H,15,17);1H4. The van der Waals surface area contributed by atoms with Gasteiger partial charge in [-0.05, 0) is 68.2 Å². The molecule has 2 aromatic carbocycles. The number of ether oxygens (including phenoxy) is 1. The second kappa shape index (κ2) is 17.4. The average Bonchev–Trinajstić information content (AvgIpc) is 3.00. The Hall–Kier alpha value is -2.12. The highest BCUT2D eigenvalue weighted by Gasteiger charge is 2.19. The van der Waals surface area contributed by atoms with Gasteiger partial charge in [-0.2, -0.15) is 0 Å². The zero-order chi connectivity index (χ0) is 26.5. The van der Waals surface area contributed by atoms with Crippen LogP contribution in [0, 0.1) is 5.92 Å². The molecule has 206 valence electrons. The van der Waals surface area contributed by atoms with Gasteiger partial charge < -0.3 is 19.9 Å². The first kappa shape index (κ1) is 32.9. The Morgan fingerprint density at radius 2 is 1.68 bits per heavy atom. The van der Waals surface area contributed by atoms with Crippen LogP contribution in [-0.2, 0) is 27.2 Å². The Labute approximate surface area is 233 Å². The molecule has 2 aromatic rings. The maximum Gasteiger partial charge on any atom is 0.306 e. The highest BCUT2D eigenvalue weighted by atomic mass is 35.5. The molecule has 37 heavy (non-hydrogen) atoms. The highest BCUT2D eigenvalue weighted by Crippen LogP contribution is 2.14. The molecule has 0 saturated carbocycles. The molecule has 6 nitrogen and oxygen atoms in total. The monoisotopic (exact) mass is 551 g/mol. The molecule has 1 N–H and O–H groups in total. The third-order valence-electron chi connectivity index (χ3n) is 6.06. The minimum Gasteiger partial charge on any atom is -0.469 e. The minimum atomic E-state index is -0.155. The van der Waals surface area contributed by atoms with Gasteiger partial charge in [0.25, 0.3) is 0 Å². The van der Waals surface area contributed by atoms with Crippen molar-refractivity contribution >= 4 is 35.1 Å². The normalized spacial score (nSPS) is 16.5. The second-order valence-electron chi connectivity index (χ2n) is 9.63. The van der Waals surface area contributed by atoms with Gasteiger partial charge in [0.1, 0.15) is 0 Å². The molecule has 1 saturated heterocycles. The smallest absolute Gasteiger partial charge is 0.306 e. The number of amides is 1. The molecule has 8 heteroatoms. The van der Waals surface area contributed by atoms with Crippen LogP contribution >= 0.6 is 23.2 Å². The number of esters is 1. The summed E-state index contributed by atoms with van der Waals surface area (Å²) in [5, 5.41) is 4.57. The first-order valence-corrected chi connectivity index (χ1v) is 13.1. The number of benzene rings is 2. The predicted octanol–water partition coefficient (Wildman–Crippen LogP) is 5.35. The highest BCUT2D eigenvalue weighted by molar-refractivity contribution is 6.30. The molecule has 1 aliphatic heterocycles. The molecule has 1 amide bonds. The number of methoxy groups -OCH3 is 1. The lowest BCUT2D eigenvalue weighted by molar-refractivity contribution is -0.141. The summed E-state index contributed by atoms with van der Waals surface area (Å²) in [6, 6.07) is 16.0. The van der Waals surface area contributed by atoms with E-state index < -0.39 is 0 Å². The minimum absolute atomic E-state index is 0. The van der Waals surface area contributed by atoms with Crippen molar-refractivity contribution in [3.63, 3.8) is 0 Å². The fourth-order valence-electron chi connectivity index (χ4n) is 4.22. The molecule has 1 heterocycles. The molecular formula is C29H43Cl2N3O3. The van der Waals surface area contributed by atoms with Crippen molar-refractivity contribution in [1.82, 2.24) is 15.1 Å². The largest absolute Gasteiger partial charge is 0.469 e. The first-order chi connectivity index (χ1) is 17.1. The van der Waals surface area contributed by atoms with E-state index in [0.29, 0.717) is 18.8 Å². The Morgan fingerprint density at radius 1 is 1.11 bits per heavy atom. The molecule has 0 spiro atoms. The van der Waals surface area contributed by atoms with Crippen LogP contribution < -0.4 is 5.32 Å². The van der Waals surface area contributed by atoms with Gasteiger partial charge in [0, 0.05) is 48.7 Å². The van der Waals surface area contributed by atoms with Crippen LogP contribution in [0.3, 0.4) is 0 Å². The fourth-order valence-corrected chi connectivity index (χ4v) is 4.47. The van der Waals surface area contributed by atoms with Gasteiger partial charge in [-0.25, -0.2) is 0 Å². The van der Waals surface area contributed by atoms with Crippen LogP contribution in [0.5, 0.6) is 0 Å². The van der Waals surface area contributed by atoms with E-state index in [1.807, 2.05) is 43.4 Å². The quantitative estimate of drug-likeness (QED) is 0.425. The summed E-state index contributed by atoms with van der Waals surface area (Å²) in [7, 11) is 5.50. The van der Waals surface area contributed by atoms with E-state index in [4.69, 9.17) is 23.2 Å². The molecule has 0 aliphatic carbocycles. The van der Waals surface area contributed by atoms with Crippen molar-refractivity contribution in [2.75, 3.05) is 47.4 Å². The van der Waals surface area contributed by atoms with E-state index in [9.17, 15) is 9.59 Å². The van der Waals surface area contributed by atoms with Crippen molar-refractivity contribution in [2.24, 2.45) is 5.92 Å². The zero-order valence-corrected chi connectivity index (χ0v) is 23.3. The van der Waals surface area contributed by atoms with Gasteiger partial charge in [0.05, 0.1) is 13.5 Å². The molecule has 0 radical (unpaired) electrons. The fraction of sp³-hybridized carbons (Fsp3) is 0.517. The molecule has 0 bridgehead atoms. The van der Waals surface area contributed by atoms with Gasteiger partial charge in [0.2, 0.25) is 5.91 Å². The maximum absolute atomic E-state index is 11.5. The van der Waals surface area contributed by atoms with E-state index in [0.717, 1.165) is 49.1 Å². The van der Waals surface area contributed by atoms with Gasteiger partial charge in [-0.15, -0.1) is 0 Å².